The molecule has 1 atom stereocenters. The molecule has 1 amide bonds. The maximum absolute atomic E-state index is 13.1. The monoisotopic (exact) mass is 441 g/mol. The van der Waals surface area contributed by atoms with Gasteiger partial charge in [0.25, 0.3) is 5.56 Å². The third-order valence-electron chi connectivity index (χ3n) is 4.53. The van der Waals surface area contributed by atoms with Crippen molar-refractivity contribution in [2.45, 2.75) is 43.6 Å². The number of methoxy groups -OCH3 is 1. The molecule has 31 heavy (non-hydrogen) atoms. The first-order chi connectivity index (χ1) is 14.9. The topological polar surface area (TPSA) is 116 Å². The lowest BCUT2D eigenvalue weighted by Crippen LogP contribution is -2.27. The second-order valence-electron chi connectivity index (χ2n) is 6.75. The highest BCUT2D eigenvalue weighted by Gasteiger charge is 2.20. The Balaban J connectivity index is 1.96. The summed E-state index contributed by atoms with van der Waals surface area (Å²) in [6, 6.07) is 6.31. The first kappa shape index (κ1) is 22.4. The van der Waals surface area contributed by atoms with E-state index in [4.69, 9.17) is 4.74 Å². The molecule has 2 aromatic heterocycles. The van der Waals surface area contributed by atoms with E-state index < -0.39 is 11.2 Å². The molecule has 0 radical (unpaired) electrons. The van der Waals surface area contributed by atoms with Crippen LogP contribution in [0.1, 0.15) is 37.0 Å². The Bertz CT molecular complexity index is 1150. The van der Waals surface area contributed by atoms with Crippen molar-refractivity contribution in [2.24, 2.45) is 0 Å². The first-order valence-corrected chi connectivity index (χ1v) is 10.7. The zero-order valence-electron chi connectivity index (χ0n) is 17.5. The number of nitrogens with one attached hydrogen (secondary N) is 1. The van der Waals surface area contributed by atoms with Crippen molar-refractivity contribution in [2.75, 3.05) is 12.4 Å². The van der Waals surface area contributed by atoms with Crippen LogP contribution >= 0.6 is 11.8 Å². The van der Waals surface area contributed by atoms with Gasteiger partial charge in [0.2, 0.25) is 11.9 Å². The molecule has 0 aliphatic rings. The number of rotatable bonds is 8. The summed E-state index contributed by atoms with van der Waals surface area (Å²) >= 11 is 1.17. The van der Waals surface area contributed by atoms with E-state index in [9.17, 15) is 14.4 Å². The quantitative estimate of drug-likeness (QED) is 0.322. The smallest absolute Gasteiger partial charge is 0.337 e. The minimum atomic E-state index is -0.565. The van der Waals surface area contributed by atoms with Gasteiger partial charge in [-0.05, 0) is 37.6 Å². The van der Waals surface area contributed by atoms with Gasteiger partial charge in [0.05, 0.1) is 28.8 Å². The van der Waals surface area contributed by atoms with E-state index in [1.807, 2.05) is 6.92 Å². The summed E-state index contributed by atoms with van der Waals surface area (Å²) < 4.78 is 6.34. The molecule has 0 bridgehead atoms. The Labute approximate surface area is 183 Å². The molecule has 0 saturated heterocycles. The Morgan fingerprint density at radius 3 is 2.68 bits per heavy atom. The highest BCUT2D eigenvalue weighted by molar-refractivity contribution is 8.00. The van der Waals surface area contributed by atoms with Gasteiger partial charge < -0.3 is 4.74 Å². The standard InChI is InChI=1S/C21H23N5O4S/c1-4-5-11-26-18(28)15-8-7-14(19(29)30-3)12-16(15)24-21(26)31-13(2)17(27)25-20-22-9-6-10-23-20/h6-10,12-13H,4-5,11H2,1-3H3,(H,22,23,25,27). The number of thioether (sulfide) groups is 1. The molecule has 1 N–H and O–H groups in total. The van der Waals surface area contributed by atoms with Crippen LogP contribution < -0.4 is 10.9 Å². The summed E-state index contributed by atoms with van der Waals surface area (Å²) in [5.74, 6) is -0.614. The highest BCUT2D eigenvalue weighted by atomic mass is 32.2. The molecule has 0 saturated carbocycles. The predicted octanol–water partition coefficient (Wildman–Crippen LogP) is 2.89. The van der Waals surface area contributed by atoms with Crippen molar-refractivity contribution >= 4 is 40.5 Å². The van der Waals surface area contributed by atoms with Crippen LogP contribution in [0.5, 0.6) is 0 Å². The van der Waals surface area contributed by atoms with E-state index >= 15 is 0 Å². The minimum absolute atomic E-state index is 0.206. The fourth-order valence-corrected chi connectivity index (χ4v) is 3.77. The number of nitrogens with zero attached hydrogens (tertiary/aromatic N) is 4. The second kappa shape index (κ2) is 10.2. The zero-order chi connectivity index (χ0) is 22.4. The van der Waals surface area contributed by atoms with E-state index in [1.165, 1.54) is 37.3 Å². The molecule has 0 aliphatic heterocycles. The number of esters is 1. The summed E-state index contributed by atoms with van der Waals surface area (Å²) in [5, 5.41) is 2.90. The number of fused-ring (bicyclic) bond motifs is 1. The van der Waals surface area contributed by atoms with Crippen molar-refractivity contribution in [1.82, 2.24) is 19.5 Å². The van der Waals surface area contributed by atoms with Crippen LogP contribution in [0.25, 0.3) is 10.9 Å². The number of hydrogen-bond acceptors (Lipinski definition) is 8. The number of carbonyl (C=O) groups is 2. The Morgan fingerprint density at radius 1 is 1.26 bits per heavy atom. The van der Waals surface area contributed by atoms with Gasteiger partial charge in [0.15, 0.2) is 5.16 Å². The largest absolute Gasteiger partial charge is 0.465 e. The molecule has 0 spiro atoms. The van der Waals surface area contributed by atoms with E-state index in [-0.39, 0.29) is 17.4 Å². The van der Waals surface area contributed by atoms with Crippen molar-refractivity contribution in [3.8, 4) is 0 Å². The lowest BCUT2D eigenvalue weighted by molar-refractivity contribution is -0.115. The van der Waals surface area contributed by atoms with Gasteiger partial charge in [0.1, 0.15) is 0 Å². The molecular formula is C21H23N5O4S. The second-order valence-corrected chi connectivity index (χ2v) is 8.06. The lowest BCUT2D eigenvalue weighted by Gasteiger charge is -2.16. The SMILES string of the molecule is CCCCn1c(SC(C)C(=O)Nc2ncccn2)nc2cc(C(=O)OC)ccc2c1=O. The number of carbonyl (C=O) groups excluding carboxylic acids is 2. The number of benzene rings is 1. The molecule has 0 fully saturated rings. The third-order valence-corrected chi connectivity index (χ3v) is 5.62. The molecular weight excluding hydrogens is 418 g/mol. The van der Waals surface area contributed by atoms with Crippen LogP contribution in [0.15, 0.2) is 46.6 Å². The van der Waals surface area contributed by atoms with Crippen LogP contribution in [-0.2, 0) is 16.1 Å². The van der Waals surface area contributed by atoms with Gasteiger partial charge in [-0.3, -0.25) is 19.5 Å². The van der Waals surface area contributed by atoms with Gasteiger partial charge in [-0.25, -0.2) is 19.7 Å². The molecule has 9 nitrogen and oxygen atoms in total. The molecule has 3 rings (SSSR count). The van der Waals surface area contributed by atoms with Gasteiger partial charge in [-0.2, -0.15) is 0 Å². The normalized spacial score (nSPS) is 11.8. The average Bonchev–Trinajstić information content (AvgIpc) is 2.78. The van der Waals surface area contributed by atoms with Crippen LogP contribution in [0.3, 0.4) is 0 Å². The highest BCUT2D eigenvalue weighted by Crippen LogP contribution is 2.24. The lowest BCUT2D eigenvalue weighted by atomic mass is 10.1. The van der Waals surface area contributed by atoms with Gasteiger partial charge in [-0.1, -0.05) is 25.1 Å². The van der Waals surface area contributed by atoms with Gasteiger partial charge in [-0.15, -0.1) is 0 Å². The molecule has 1 aromatic carbocycles. The predicted molar refractivity (Wildman–Crippen MR) is 118 cm³/mol. The van der Waals surface area contributed by atoms with E-state index in [0.717, 1.165) is 12.8 Å². The fourth-order valence-electron chi connectivity index (χ4n) is 2.84. The minimum Gasteiger partial charge on any atom is -0.465 e. The van der Waals surface area contributed by atoms with Crippen LogP contribution in [-0.4, -0.2) is 43.8 Å². The number of ether oxygens (including phenoxy) is 1. The number of unbranched alkanes of at least 4 members (excludes halogenated alkanes) is 1. The Morgan fingerprint density at radius 2 is 2.00 bits per heavy atom. The van der Waals surface area contributed by atoms with Gasteiger partial charge >= 0.3 is 5.97 Å². The number of amides is 1. The molecule has 162 valence electrons. The molecule has 2 heterocycles. The maximum Gasteiger partial charge on any atom is 0.337 e. The number of hydrogen-bond donors (Lipinski definition) is 1. The molecule has 3 aromatic rings. The summed E-state index contributed by atoms with van der Waals surface area (Å²) in [6.07, 6.45) is 4.76. The van der Waals surface area contributed by atoms with Crippen molar-refractivity contribution in [1.29, 1.82) is 0 Å². The Kier molecular flexibility index (Phi) is 7.35. The first-order valence-electron chi connectivity index (χ1n) is 9.82. The molecule has 1 unspecified atom stereocenters. The molecule has 0 aliphatic carbocycles. The Hall–Kier alpha value is -3.27. The third kappa shape index (κ3) is 5.26. The number of anilines is 1. The van der Waals surface area contributed by atoms with Crippen LogP contribution in [0, 0.1) is 0 Å². The summed E-state index contributed by atoms with van der Waals surface area (Å²) in [4.78, 5) is 50.2. The summed E-state index contributed by atoms with van der Waals surface area (Å²) in [6.45, 7) is 4.23. The summed E-state index contributed by atoms with van der Waals surface area (Å²) in [7, 11) is 1.29. The van der Waals surface area contributed by atoms with E-state index in [1.54, 1.807) is 29.7 Å². The maximum atomic E-state index is 13.1. The van der Waals surface area contributed by atoms with Crippen molar-refractivity contribution in [3.63, 3.8) is 0 Å². The molecule has 10 heteroatoms. The van der Waals surface area contributed by atoms with E-state index in [2.05, 4.69) is 20.3 Å². The fraction of sp³-hybridized carbons (Fsp3) is 0.333. The van der Waals surface area contributed by atoms with E-state index in [0.29, 0.717) is 28.2 Å². The summed E-state index contributed by atoms with van der Waals surface area (Å²) in [5.41, 5.74) is 0.467. The number of aromatic nitrogens is 4. The average molecular weight is 442 g/mol. The van der Waals surface area contributed by atoms with Crippen molar-refractivity contribution < 1.29 is 14.3 Å². The van der Waals surface area contributed by atoms with Crippen LogP contribution in [0.2, 0.25) is 0 Å². The van der Waals surface area contributed by atoms with Crippen LogP contribution in [0.4, 0.5) is 5.95 Å². The van der Waals surface area contributed by atoms with Gasteiger partial charge in [0, 0.05) is 18.9 Å². The zero-order valence-corrected chi connectivity index (χ0v) is 18.3. The van der Waals surface area contributed by atoms with Crippen molar-refractivity contribution in [3.05, 3.63) is 52.6 Å².